The number of hydrogen-bond donors (Lipinski definition) is 1. The quantitative estimate of drug-likeness (QED) is 0.920. The standard InChI is InChI=1S/C20H21FN4O/c21-18-7-3-1-5-16(18)9-10-24-11-13-25(14-12-24)20(26)23-19-8-4-2-6-17(19)15-22/h1-8H,9-14H2,(H,23,26). The summed E-state index contributed by atoms with van der Waals surface area (Å²) in [6, 6.07) is 15.7. The zero-order chi connectivity index (χ0) is 18.4. The third-order valence-corrected chi connectivity index (χ3v) is 4.60. The number of nitrogens with zero attached hydrogens (tertiary/aromatic N) is 3. The van der Waals surface area contributed by atoms with Gasteiger partial charge in [-0.05, 0) is 30.2 Å². The zero-order valence-corrected chi connectivity index (χ0v) is 14.5. The number of para-hydroxylation sites is 1. The van der Waals surface area contributed by atoms with Crippen LogP contribution in [0.15, 0.2) is 48.5 Å². The lowest BCUT2D eigenvalue weighted by Gasteiger charge is -2.34. The molecule has 1 N–H and O–H groups in total. The van der Waals surface area contributed by atoms with Crippen molar-refractivity contribution in [3.63, 3.8) is 0 Å². The van der Waals surface area contributed by atoms with Gasteiger partial charge in [0.1, 0.15) is 11.9 Å². The van der Waals surface area contributed by atoms with E-state index < -0.39 is 0 Å². The number of nitrogens with one attached hydrogen (secondary N) is 1. The molecule has 3 rings (SSSR count). The highest BCUT2D eigenvalue weighted by atomic mass is 19.1. The molecule has 1 heterocycles. The fraction of sp³-hybridized carbons (Fsp3) is 0.300. The smallest absolute Gasteiger partial charge is 0.321 e. The van der Waals surface area contributed by atoms with Gasteiger partial charge in [0.05, 0.1) is 11.3 Å². The van der Waals surface area contributed by atoms with Crippen molar-refractivity contribution >= 4 is 11.7 Å². The Hall–Kier alpha value is -2.91. The first-order valence-electron chi connectivity index (χ1n) is 8.68. The van der Waals surface area contributed by atoms with E-state index in [-0.39, 0.29) is 11.8 Å². The van der Waals surface area contributed by atoms with Gasteiger partial charge in [-0.25, -0.2) is 9.18 Å². The first kappa shape index (κ1) is 17.9. The van der Waals surface area contributed by atoms with Crippen LogP contribution >= 0.6 is 0 Å². The van der Waals surface area contributed by atoms with Crippen molar-refractivity contribution in [1.29, 1.82) is 5.26 Å². The zero-order valence-electron chi connectivity index (χ0n) is 14.5. The van der Waals surface area contributed by atoms with Crippen LogP contribution in [0.2, 0.25) is 0 Å². The molecule has 0 aromatic heterocycles. The molecule has 2 amide bonds. The molecule has 0 unspecified atom stereocenters. The van der Waals surface area contributed by atoms with Crippen LogP contribution in [0, 0.1) is 17.1 Å². The summed E-state index contributed by atoms with van der Waals surface area (Å²) >= 11 is 0. The summed E-state index contributed by atoms with van der Waals surface area (Å²) in [5.41, 5.74) is 1.70. The van der Waals surface area contributed by atoms with Crippen molar-refractivity contribution in [1.82, 2.24) is 9.80 Å². The number of carbonyl (C=O) groups excluding carboxylic acids is 1. The van der Waals surface area contributed by atoms with Gasteiger partial charge in [0.2, 0.25) is 0 Å². The molecular weight excluding hydrogens is 331 g/mol. The monoisotopic (exact) mass is 352 g/mol. The van der Waals surface area contributed by atoms with Crippen molar-refractivity contribution in [3.8, 4) is 6.07 Å². The molecule has 2 aromatic carbocycles. The molecule has 1 saturated heterocycles. The van der Waals surface area contributed by atoms with Gasteiger partial charge in [-0.3, -0.25) is 4.90 Å². The lowest BCUT2D eigenvalue weighted by atomic mass is 10.1. The van der Waals surface area contributed by atoms with E-state index in [0.29, 0.717) is 30.8 Å². The summed E-state index contributed by atoms with van der Waals surface area (Å²) < 4.78 is 13.7. The molecule has 6 heteroatoms. The maximum absolute atomic E-state index is 13.7. The normalized spacial score (nSPS) is 14.7. The lowest BCUT2D eigenvalue weighted by molar-refractivity contribution is 0.148. The maximum atomic E-state index is 13.7. The van der Waals surface area contributed by atoms with E-state index in [2.05, 4.69) is 16.3 Å². The number of hydrogen-bond acceptors (Lipinski definition) is 3. The van der Waals surface area contributed by atoms with Gasteiger partial charge in [0.15, 0.2) is 0 Å². The molecule has 1 aliphatic rings. The predicted molar refractivity (Wildman–Crippen MR) is 98.3 cm³/mol. The minimum atomic E-state index is -0.193. The first-order chi connectivity index (χ1) is 12.7. The molecule has 5 nitrogen and oxygen atoms in total. The molecule has 26 heavy (non-hydrogen) atoms. The van der Waals surface area contributed by atoms with Crippen LogP contribution in [0.1, 0.15) is 11.1 Å². The number of benzene rings is 2. The fourth-order valence-corrected chi connectivity index (χ4v) is 3.04. The van der Waals surface area contributed by atoms with E-state index in [1.807, 2.05) is 12.1 Å². The fourth-order valence-electron chi connectivity index (χ4n) is 3.04. The van der Waals surface area contributed by atoms with Gasteiger partial charge >= 0.3 is 6.03 Å². The van der Waals surface area contributed by atoms with Crippen LogP contribution in [0.25, 0.3) is 0 Å². The second-order valence-electron chi connectivity index (χ2n) is 6.26. The van der Waals surface area contributed by atoms with Crippen LogP contribution < -0.4 is 5.32 Å². The predicted octanol–water partition coefficient (Wildman–Crippen LogP) is 3.09. The van der Waals surface area contributed by atoms with Crippen LogP contribution in [-0.4, -0.2) is 48.6 Å². The first-order valence-corrected chi connectivity index (χ1v) is 8.68. The highest BCUT2D eigenvalue weighted by molar-refractivity contribution is 5.90. The third kappa shape index (κ3) is 4.38. The Balaban J connectivity index is 1.48. The highest BCUT2D eigenvalue weighted by Gasteiger charge is 2.21. The molecular formula is C20H21FN4O. The Morgan fingerprint density at radius 1 is 1.08 bits per heavy atom. The minimum Gasteiger partial charge on any atom is -0.322 e. The summed E-state index contributed by atoms with van der Waals surface area (Å²) in [6.45, 7) is 3.49. The number of urea groups is 1. The molecule has 1 fully saturated rings. The van der Waals surface area contributed by atoms with Crippen molar-refractivity contribution in [2.45, 2.75) is 6.42 Å². The average Bonchev–Trinajstić information content (AvgIpc) is 2.68. The number of rotatable bonds is 4. The number of nitriles is 1. The lowest BCUT2D eigenvalue weighted by Crippen LogP contribution is -2.50. The molecule has 0 radical (unpaired) electrons. The van der Waals surface area contributed by atoms with Crippen molar-refractivity contribution in [2.75, 3.05) is 38.0 Å². The SMILES string of the molecule is N#Cc1ccccc1NC(=O)N1CCN(CCc2ccccc2F)CC1. The van der Waals surface area contributed by atoms with E-state index in [1.165, 1.54) is 6.07 Å². The summed E-state index contributed by atoms with van der Waals surface area (Å²) in [5.74, 6) is -0.165. The Morgan fingerprint density at radius 2 is 1.77 bits per heavy atom. The Labute approximate surface area is 152 Å². The average molecular weight is 352 g/mol. The maximum Gasteiger partial charge on any atom is 0.321 e. The van der Waals surface area contributed by atoms with Crippen molar-refractivity contribution < 1.29 is 9.18 Å². The molecule has 0 spiro atoms. The van der Waals surface area contributed by atoms with Gasteiger partial charge in [-0.1, -0.05) is 30.3 Å². The second-order valence-corrected chi connectivity index (χ2v) is 6.26. The Bertz CT molecular complexity index is 809. The van der Waals surface area contributed by atoms with E-state index in [0.717, 1.165) is 25.2 Å². The van der Waals surface area contributed by atoms with Gasteiger partial charge in [0, 0.05) is 32.7 Å². The molecule has 1 aliphatic heterocycles. The van der Waals surface area contributed by atoms with Crippen LogP contribution in [0.4, 0.5) is 14.9 Å². The number of halogens is 1. The summed E-state index contributed by atoms with van der Waals surface area (Å²) in [7, 11) is 0. The molecule has 0 atom stereocenters. The summed E-state index contributed by atoms with van der Waals surface area (Å²) in [5, 5.41) is 11.9. The topological polar surface area (TPSA) is 59.4 Å². The third-order valence-electron chi connectivity index (χ3n) is 4.60. The van der Waals surface area contributed by atoms with Crippen LogP contribution in [0.5, 0.6) is 0 Å². The number of piperazine rings is 1. The van der Waals surface area contributed by atoms with E-state index in [9.17, 15) is 9.18 Å². The van der Waals surface area contributed by atoms with Crippen LogP contribution in [0.3, 0.4) is 0 Å². The molecule has 134 valence electrons. The summed E-state index contributed by atoms with van der Waals surface area (Å²) in [4.78, 5) is 16.4. The minimum absolute atomic E-state index is 0.165. The van der Waals surface area contributed by atoms with E-state index >= 15 is 0 Å². The van der Waals surface area contributed by atoms with E-state index in [1.54, 1.807) is 35.2 Å². The van der Waals surface area contributed by atoms with Crippen LogP contribution in [-0.2, 0) is 6.42 Å². The largest absolute Gasteiger partial charge is 0.322 e. The number of anilines is 1. The molecule has 2 aromatic rings. The van der Waals surface area contributed by atoms with E-state index in [4.69, 9.17) is 5.26 Å². The molecule has 0 saturated carbocycles. The van der Waals surface area contributed by atoms with Crippen molar-refractivity contribution in [2.24, 2.45) is 0 Å². The summed E-state index contributed by atoms with van der Waals surface area (Å²) in [6.07, 6.45) is 0.661. The molecule has 0 bridgehead atoms. The van der Waals surface area contributed by atoms with Gasteiger partial charge < -0.3 is 10.2 Å². The highest BCUT2D eigenvalue weighted by Crippen LogP contribution is 2.15. The number of carbonyl (C=O) groups is 1. The second kappa shape index (κ2) is 8.45. The van der Waals surface area contributed by atoms with Crippen molar-refractivity contribution in [3.05, 3.63) is 65.5 Å². The van der Waals surface area contributed by atoms with Gasteiger partial charge in [-0.15, -0.1) is 0 Å². The Kier molecular flexibility index (Phi) is 5.82. The number of amides is 2. The van der Waals surface area contributed by atoms with Gasteiger partial charge in [0.25, 0.3) is 0 Å². The molecule has 0 aliphatic carbocycles. The van der Waals surface area contributed by atoms with Gasteiger partial charge in [-0.2, -0.15) is 5.26 Å². The Morgan fingerprint density at radius 3 is 2.50 bits per heavy atom.